The van der Waals surface area contributed by atoms with Crippen molar-refractivity contribution in [2.75, 3.05) is 5.32 Å². The molecule has 3 rings (SSSR count). The van der Waals surface area contributed by atoms with Crippen molar-refractivity contribution in [2.45, 2.75) is 38.2 Å². The van der Waals surface area contributed by atoms with Crippen molar-refractivity contribution in [2.24, 2.45) is 0 Å². The lowest BCUT2D eigenvalue weighted by atomic mass is 10.1. The van der Waals surface area contributed by atoms with Gasteiger partial charge < -0.3 is 9.73 Å². The molecule has 0 aliphatic carbocycles. The van der Waals surface area contributed by atoms with Gasteiger partial charge in [0.15, 0.2) is 0 Å². The topological polar surface area (TPSA) is 68.0 Å². The van der Waals surface area contributed by atoms with Crippen LogP contribution in [0.4, 0.5) is 5.69 Å². The van der Waals surface area contributed by atoms with Crippen LogP contribution >= 0.6 is 23.4 Å². The fraction of sp³-hybridized carbons (Fsp3) is 0.250. The van der Waals surface area contributed by atoms with Crippen LogP contribution in [0.1, 0.15) is 23.6 Å². The number of nitrogens with zero attached hydrogens (tertiary/aromatic N) is 2. The van der Waals surface area contributed by atoms with Crippen molar-refractivity contribution in [3.63, 3.8) is 0 Å². The molecule has 0 bridgehead atoms. The molecule has 1 aromatic heterocycles. The standard InChI is InChI=1S/C20H20ClN3O2S/c1-11-8-9-15(10-12(11)2)19-23-24-20(26-19)27-14(4)18(25)22-17-7-5-6-16(21)13(17)3/h5-10,14H,1-4H3,(H,22,25)/t14-/m1/s1. The monoisotopic (exact) mass is 401 g/mol. The number of aromatic nitrogens is 2. The van der Waals surface area contributed by atoms with Crippen LogP contribution in [0.5, 0.6) is 0 Å². The summed E-state index contributed by atoms with van der Waals surface area (Å²) in [5.41, 5.74) is 4.75. The Hall–Kier alpha value is -2.31. The predicted octanol–water partition coefficient (Wildman–Crippen LogP) is 5.43. The second kappa shape index (κ2) is 8.15. The molecular formula is C20H20ClN3O2S. The first-order chi connectivity index (χ1) is 12.8. The van der Waals surface area contributed by atoms with Gasteiger partial charge in [-0.1, -0.05) is 35.5 Å². The van der Waals surface area contributed by atoms with E-state index < -0.39 is 5.25 Å². The van der Waals surface area contributed by atoms with E-state index in [2.05, 4.69) is 22.4 Å². The summed E-state index contributed by atoms with van der Waals surface area (Å²) >= 11 is 7.32. The highest BCUT2D eigenvalue weighted by atomic mass is 35.5. The zero-order chi connectivity index (χ0) is 19.6. The van der Waals surface area contributed by atoms with Gasteiger partial charge in [0.05, 0.1) is 5.25 Å². The maximum atomic E-state index is 12.5. The van der Waals surface area contributed by atoms with Crippen molar-refractivity contribution in [1.82, 2.24) is 10.2 Å². The van der Waals surface area contributed by atoms with Gasteiger partial charge in [-0.05, 0) is 68.7 Å². The molecule has 1 atom stereocenters. The summed E-state index contributed by atoms with van der Waals surface area (Å²) in [4.78, 5) is 12.5. The maximum absolute atomic E-state index is 12.5. The van der Waals surface area contributed by atoms with Gasteiger partial charge in [0.2, 0.25) is 11.8 Å². The first-order valence-electron chi connectivity index (χ1n) is 8.49. The lowest BCUT2D eigenvalue weighted by molar-refractivity contribution is -0.115. The zero-order valence-corrected chi connectivity index (χ0v) is 17.1. The summed E-state index contributed by atoms with van der Waals surface area (Å²) in [5, 5.41) is 11.6. The van der Waals surface area contributed by atoms with Gasteiger partial charge in [-0.25, -0.2) is 0 Å². The summed E-state index contributed by atoms with van der Waals surface area (Å²) < 4.78 is 5.72. The fourth-order valence-electron chi connectivity index (χ4n) is 2.43. The summed E-state index contributed by atoms with van der Waals surface area (Å²) in [5.74, 6) is 0.287. The van der Waals surface area contributed by atoms with Gasteiger partial charge >= 0.3 is 0 Å². The summed E-state index contributed by atoms with van der Waals surface area (Å²) in [6, 6.07) is 11.4. The highest BCUT2D eigenvalue weighted by Gasteiger charge is 2.20. The normalized spacial score (nSPS) is 12.0. The van der Waals surface area contributed by atoms with E-state index in [4.69, 9.17) is 16.0 Å². The number of carbonyl (C=O) groups is 1. The quantitative estimate of drug-likeness (QED) is 0.577. The Labute approximate surface area is 167 Å². The number of hydrogen-bond donors (Lipinski definition) is 1. The van der Waals surface area contributed by atoms with Crippen LogP contribution in [0.2, 0.25) is 5.02 Å². The lowest BCUT2D eigenvalue weighted by Crippen LogP contribution is -2.22. The van der Waals surface area contributed by atoms with Crippen molar-refractivity contribution < 1.29 is 9.21 Å². The van der Waals surface area contributed by atoms with Crippen LogP contribution in [0.25, 0.3) is 11.5 Å². The average molecular weight is 402 g/mol. The molecule has 1 heterocycles. The largest absolute Gasteiger partial charge is 0.411 e. The molecule has 0 unspecified atom stereocenters. The van der Waals surface area contributed by atoms with E-state index in [9.17, 15) is 4.79 Å². The van der Waals surface area contributed by atoms with Crippen molar-refractivity contribution >= 4 is 35.0 Å². The highest BCUT2D eigenvalue weighted by molar-refractivity contribution is 8.00. The Balaban J connectivity index is 1.68. The Morgan fingerprint density at radius 1 is 1.15 bits per heavy atom. The molecule has 0 fully saturated rings. The van der Waals surface area contributed by atoms with Crippen LogP contribution in [-0.4, -0.2) is 21.4 Å². The van der Waals surface area contributed by atoms with E-state index in [0.717, 1.165) is 16.7 Å². The van der Waals surface area contributed by atoms with Gasteiger partial charge in [-0.15, -0.1) is 10.2 Å². The van der Waals surface area contributed by atoms with E-state index in [1.807, 2.05) is 38.1 Å². The second-order valence-electron chi connectivity index (χ2n) is 6.33. The number of halogens is 1. The van der Waals surface area contributed by atoms with E-state index in [-0.39, 0.29) is 5.91 Å². The number of benzene rings is 2. The molecule has 0 saturated carbocycles. The Morgan fingerprint density at radius 3 is 2.67 bits per heavy atom. The number of thioether (sulfide) groups is 1. The molecule has 0 spiro atoms. The molecule has 2 aromatic carbocycles. The first kappa shape index (κ1) is 19.5. The maximum Gasteiger partial charge on any atom is 0.277 e. The minimum Gasteiger partial charge on any atom is -0.411 e. The third kappa shape index (κ3) is 4.51. The van der Waals surface area contributed by atoms with Gasteiger partial charge in [0, 0.05) is 16.3 Å². The number of nitrogens with one attached hydrogen (secondary N) is 1. The Morgan fingerprint density at radius 2 is 1.93 bits per heavy atom. The number of rotatable bonds is 5. The number of anilines is 1. The molecule has 0 aliphatic heterocycles. The minimum atomic E-state index is -0.406. The number of carbonyl (C=O) groups excluding carboxylic acids is 1. The fourth-order valence-corrected chi connectivity index (χ4v) is 3.29. The summed E-state index contributed by atoms with van der Waals surface area (Å²) in [6.45, 7) is 7.74. The molecule has 0 saturated heterocycles. The Kier molecular flexibility index (Phi) is 5.87. The third-order valence-electron chi connectivity index (χ3n) is 4.33. The molecule has 0 radical (unpaired) electrons. The van der Waals surface area contributed by atoms with E-state index >= 15 is 0 Å². The summed E-state index contributed by atoms with van der Waals surface area (Å²) in [6.07, 6.45) is 0. The van der Waals surface area contributed by atoms with Gasteiger partial charge in [-0.2, -0.15) is 0 Å². The average Bonchev–Trinajstić information content (AvgIpc) is 3.09. The minimum absolute atomic E-state index is 0.156. The molecule has 27 heavy (non-hydrogen) atoms. The number of amides is 1. The van der Waals surface area contributed by atoms with Crippen LogP contribution in [0.15, 0.2) is 46.0 Å². The number of hydrogen-bond acceptors (Lipinski definition) is 5. The molecule has 3 aromatic rings. The van der Waals surface area contributed by atoms with Crippen molar-refractivity contribution in [1.29, 1.82) is 0 Å². The van der Waals surface area contributed by atoms with Crippen LogP contribution in [-0.2, 0) is 4.79 Å². The van der Waals surface area contributed by atoms with E-state index in [0.29, 0.717) is 21.8 Å². The zero-order valence-electron chi connectivity index (χ0n) is 15.5. The van der Waals surface area contributed by atoms with E-state index in [1.54, 1.807) is 19.1 Å². The third-order valence-corrected chi connectivity index (χ3v) is 5.68. The summed E-state index contributed by atoms with van der Waals surface area (Å²) in [7, 11) is 0. The first-order valence-corrected chi connectivity index (χ1v) is 9.74. The van der Waals surface area contributed by atoms with E-state index in [1.165, 1.54) is 17.3 Å². The molecule has 0 aliphatic rings. The smallest absolute Gasteiger partial charge is 0.277 e. The molecule has 1 N–H and O–H groups in total. The highest BCUT2D eigenvalue weighted by Crippen LogP contribution is 2.28. The van der Waals surface area contributed by atoms with Crippen LogP contribution in [0, 0.1) is 20.8 Å². The molecule has 140 valence electrons. The van der Waals surface area contributed by atoms with Gasteiger partial charge in [0.25, 0.3) is 5.22 Å². The SMILES string of the molecule is Cc1ccc(-c2nnc(S[C@H](C)C(=O)Nc3cccc(Cl)c3C)o2)cc1C. The van der Waals surface area contributed by atoms with Crippen LogP contribution < -0.4 is 5.32 Å². The van der Waals surface area contributed by atoms with Gasteiger partial charge in [-0.3, -0.25) is 4.79 Å². The molecule has 7 heteroatoms. The predicted molar refractivity (Wildman–Crippen MR) is 109 cm³/mol. The second-order valence-corrected chi connectivity index (χ2v) is 8.03. The molecule has 5 nitrogen and oxygen atoms in total. The van der Waals surface area contributed by atoms with Crippen molar-refractivity contribution in [3.8, 4) is 11.5 Å². The molecule has 1 amide bonds. The molecular weight excluding hydrogens is 382 g/mol. The van der Waals surface area contributed by atoms with Crippen molar-refractivity contribution in [3.05, 3.63) is 58.1 Å². The Bertz CT molecular complexity index is 987. The lowest BCUT2D eigenvalue weighted by Gasteiger charge is -2.12. The van der Waals surface area contributed by atoms with Crippen LogP contribution in [0.3, 0.4) is 0 Å². The van der Waals surface area contributed by atoms with Gasteiger partial charge in [0.1, 0.15) is 0 Å². The number of aryl methyl sites for hydroxylation is 2.